The van der Waals surface area contributed by atoms with Crippen molar-refractivity contribution in [2.75, 3.05) is 12.3 Å². The van der Waals surface area contributed by atoms with Crippen molar-refractivity contribution in [3.05, 3.63) is 101 Å². The number of rotatable bonds is 7. The maximum atomic E-state index is 12.5. The lowest BCUT2D eigenvalue weighted by Gasteiger charge is -2.14. The van der Waals surface area contributed by atoms with Crippen LogP contribution >= 0.6 is 11.8 Å². The van der Waals surface area contributed by atoms with Crippen LogP contribution < -0.4 is 5.32 Å². The monoisotopic (exact) mass is 430 g/mol. The highest BCUT2D eigenvalue weighted by atomic mass is 32.2. The minimum absolute atomic E-state index is 0.142. The van der Waals surface area contributed by atoms with Gasteiger partial charge in [-0.3, -0.25) is 19.3 Å². The number of carbonyl (C=O) groups is 3. The van der Waals surface area contributed by atoms with Crippen molar-refractivity contribution < 1.29 is 14.4 Å². The predicted molar refractivity (Wildman–Crippen MR) is 121 cm³/mol. The Balaban J connectivity index is 1.29. The molecule has 0 fully saturated rings. The Kier molecular flexibility index (Phi) is 6.18. The standard InChI is InChI=1S/C25H22N2O3S/c1-17-6-12-20(13-7-17)31-15-14-26-23(28)19-10-8-18(9-11-19)16-27-24(29)21-4-2-3-5-22(21)25(27)30/h2-13H,14-16H2,1H3,(H,26,28). The van der Waals surface area contributed by atoms with Crippen LogP contribution in [0, 0.1) is 6.92 Å². The van der Waals surface area contributed by atoms with E-state index in [1.54, 1.807) is 60.3 Å². The molecule has 0 aromatic heterocycles. The van der Waals surface area contributed by atoms with Gasteiger partial charge in [-0.15, -0.1) is 11.8 Å². The number of fused-ring (bicyclic) bond motifs is 1. The molecule has 0 saturated carbocycles. The van der Waals surface area contributed by atoms with E-state index < -0.39 is 0 Å². The summed E-state index contributed by atoms with van der Waals surface area (Å²) in [7, 11) is 0. The maximum absolute atomic E-state index is 12.5. The highest BCUT2D eigenvalue weighted by Crippen LogP contribution is 2.24. The van der Waals surface area contributed by atoms with Gasteiger partial charge in [-0.2, -0.15) is 0 Å². The van der Waals surface area contributed by atoms with Crippen molar-refractivity contribution in [2.45, 2.75) is 18.4 Å². The molecule has 0 atom stereocenters. The van der Waals surface area contributed by atoms with Crippen LogP contribution in [0.3, 0.4) is 0 Å². The number of carbonyl (C=O) groups excluding carboxylic acids is 3. The average molecular weight is 431 g/mol. The van der Waals surface area contributed by atoms with Gasteiger partial charge in [0.1, 0.15) is 0 Å². The third kappa shape index (κ3) is 4.70. The van der Waals surface area contributed by atoms with Gasteiger partial charge in [0.15, 0.2) is 0 Å². The van der Waals surface area contributed by atoms with Crippen LogP contribution in [-0.2, 0) is 6.54 Å². The highest BCUT2D eigenvalue weighted by Gasteiger charge is 2.34. The molecule has 0 aliphatic carbocycles. The van der Waals surface area contributed by atoms with Gasteiger partial charge in [0, 0.05) is 22.8 Å². The zero-order valence-corrected chi connectivity index (χ0v) is 17.9. The van der Waals surface area contributed by atoms with E-state index in [-0.39, 0.29) is 24.3 Å². The lowest BCUT2D eigenvalue weighted by molar-refractivity contribution is 0.0641. The van der Waals surface area contributed by atoms with E-state index in [1.165, 1.54) is 15.4 Å². The number of thioether (sulfide) groups is 1. The van der Waals surface area contributed by atoms with E-state index in [0.29, 0.717) is 23.2 Å². The van der Waals surface area contributed by atoms with Gasteiger partial charge in [0.05, 0.1) is 17.7 Å². The minimum Gasteiger partial charge on any atom is -0.351 e. The van der Waals surface area contributed by atoms with Crippen LogP contribution in [-0.4, -0.2) is 34.9 Å². The quantitative estimate of drug-likeness (QED) is 0.345. The third-order valence-electron chi connectivity index (χ3n) is 5.11. The van der Waals surface area contributed by atoms with E-state index in [4.69, 9.17) is 0 Å². The van der Waals surface area contributed by atoms with Gasteiger partial charge >= 0.3 is 0 Å². The van der Waals surface area contributed by atoms with E-state index >= 15 is 0 Å². The van der Waals surface area contributed by atoms with Crippen molar-refractivity contribution in [3.63, 3.8) is 0 Å². The number of hydrogen-bond acceptors (Lipinski definition) is 4. The fraction of sp³-hybridized carbons (Fsp3) is 0.160. The van der Waals surface area contributed by atoms with E-state index in [9.17, 15) is 14.4 Å². The Morgan fingerprint density at radius 2 is 1.48 bits per heavy atom. The maximum Gasteiger partial charge on any atom is 0.261 e. The van der Waals surface area contributed by atoms with Crippen molar-refractivity contribution in [3.8, 4) is 0 Å². The minimum atomic E-state index is -0.284. The molecule has 3 aromatic rings. The first-order valence-corrected chi connectivity index (χ1v) is 11.0. The smallest absolute Gasteiger partial charge is 0.261 e. The molecule has 1 aliphatic rings. The lowest BCUT2D eigenvalue weighted by Crippen LogP contribution is -2.29. The molecule has 156 valence electrons. The molecule has 0 radical (unpaired) electrons. The molecule has 31 heavy (non-hydrogen) atoms. The van der Waals surface area contributed by atoms with E-state index in [2.05, 4.69) is 36.5 Å². The van der Waals surface area contributed by atoms with Gasteiger partial charge < -0.3 is 5.32 Å². The Morgan fingerprint density at radius 1 is 0.871 bits per heavy atom. The Hall–Kier alpha value is -3.38. The second-order valence-electron chi connectivity index (χ2n) is 7.36. The first-order valence-electron chi connectivity index (χ1n) is 10.0. The van der Waals surface area contributed by atoms with Gasteiger partial charge in [-0.05, 0) is 48.9 Å². The van der Waals surface area contributed by atoms with E-state index in [1.807, 2.05) is 0 Å². The molecule has 0 spiro atoms. The molecule has 0 saturated heterocycles. The molecular formula is C25H22N2O3S. The summed E-state index contributed by atoms with van der Waals surface area (Å²) in [5, 5.41) is 2.92. The molecular weight excluding hydrogens is 408 g/mol. The number of nitrogens with one attached hydrogen (secondary N) is 1. The molecule has 4 rings (SSSR count). The lowest BCUT2D eigenvalue weighted by atomic mass is 10.1. The van der Waals surface area contributed by atoms with Crippen LogP contribution in [0.4, 0.5) is 0 Å². The van der Waals surface area contributed by atoms with Crippen molar-refractivity contribution in [2.24, 2.45) is 0 Å². The fourth-order valence-electron chi connectivity index (χ4n) is 3.40. The van der Waals surface area contributed by atoms with Crippen molar-refractivity contribution in [1.29, 1.82) is 0 Å². The summed E-state index contributed by atoms with van der Waals surface area (Å²) in [6, 6.07) is 22.1. The molecule has 1 N–H and O–H groups in total. The van der Waals surface area contributed by atoms with Crippen molar-refractivity contribution in [1.82, 2.24) is 10.2 Å². The summed E-state index contributed by atoms with van der Waals surface area (Å²) in [5.41, 5.74) is 3.44. The number of aryl methyl sites for hydroxylation is 1. The Bertz CT molecular complexity index is 1090. The molecule has 0 bridgehead atoms. The summed E-state index contributed by atoms with van der Waals surface area (Å²) < 4.78 is 0. The Morgan fingerprint density at radius 3 is 2.10 bits per heavy atom. The summed E-state index contributed by atoms with van der Waals surface area (Å²) >= 11 is 1.70. The topological polar surface area (TPSA) is 66.5 Å². The molecule has 1 aliphatic heterocycles. The highest BCUT2D eigenvalue weighted by molar-refractivity contribution is 7.99. The van der Waals surface area contributed by atoms with Crippen LogP contribution in [0.15, 0.2) is 77.7 Å². The predicted octanol–water partition coefficient (Wildman–Crippen LogP) is 4.31. The van der Waals surface area contributed by atoms with Gasteiger partial charge in [0.2, 0.25) is 0 Å². The van der Waals surface area contributed by atoms with Crippen LogP contribution in [0.2, 0.25) is 0 Å². The molecule has 1 heterocycles. The zero-order chi connectivity index (χ0) is 21.8. The number of amides is 3. The van der Waals surface area contributed by atoms with Crippen molar-refractivity contribution >= 4 is 29.5 Å². The number of nitrogens with zero attached hydrogens (tertiary/aromatic N) is 1. The first-order chi connectivity index (χ1) is 15.0. The van der Waals surface area contributed by atoms with E-state index in [0.717, 1.165) is 11.3 Å². The first kappa shape index (κ1) is 20.9. The van der Waals surface area contributed by atoms with Gasteiger partial charge in [-0.1, -0.05) is 42.0 Å². The Labute approximate surface area is 185 Å². The largest absolute Gasteiger partial charge is 0.351 e. The SMILES string of the molecule is Cc1ccc(SCCNC(=O)c2ccc(CN3C(=O)c4ccccc4C3=O)cc2)cc1. The van der Waals surface area contributed by atoms with Crippen LogP contribution in [0.5, 0.6) is 0 Å². The zero-order valence-electron chi connectivity index (χ0n) is 17.1. The molecule has 5 nitrogen and oxygen atoms in total. The molecule has 0 unspecified atom stereocenters. The summed E-state index contributed by atoms with van der Waals surface area (Å²) in [4.78, 5) is 39.8. The summed E-state index contributed by atoms with van der Waals surface area (Å²) in [5.74, 6) is 0.0749. The third-order valence-corrected chi connectivity index (χ3v) is 6.13. The molecule has 6 heteroatoms. The summed E-state index contributed by atoms with van der Waals surface area (Å²) in [6.07, 6.45) is 0. The molecule has 3 amide bonds. The normalized spacial score (nSPS) is 12.7. The second kappa shape index (κ2) is 9.18. The molecule has 3 aromatic carbocycles. The van der Waals surface area contributed by atoms with Gasteiger partial charge in [0.25, 0.3) is 17.7 Å². The van der Waals surface area contributed by atoms with Gasteiger partial charge in [-0.25, -0.2) is 0 Å². The average Bonchev–Trinajstić information content (AvgIpc) is 3.03. The van der Waals surface area contributed by atoms with Crippen LogP contribution in [0.1, 0.15) is 42.2 Å². The second-order valence-corrected chi connectivity index (χ2v) is 8.52. The fourth-order valence-corrected chi connectivity index (χ4v) is 4.17. The summed E-state index contributed by atoms with van der Waals surface area (Å²) in [6.45, 7) is 2.80. The number of hydrogen-bond donors (Lipinski definition) is 1. The number of benzene rings is 3. The van der Waals surface area contributed by atoms with Crippen LogP contribution in [0.25, 0.3) is 0 Å². The number of imide groups is 1.